The molecule has 3 nitrogen and oxygen atoms in total. The lowest BCUT2D eigenvalue weighted by Crippen LogP contribution is -2.54. The molecule has 0 rings (SSSR count). The smallest absolute Gasteiger partial charge is 0.173 e. The monoisotopic (exact) mass is 277 g/mol. The number of nitrogens with zero attached hydrogens (tertiary/aromatic N) is 1. The molecule has 0 aromatic carbocycles. The van der Waals surface area contributed by atoms with Crippen molar-refractivity contribution in [2.24, 2.45) is 0 Å². The van der Waals surface area contributed by atoms with Crippen LogP contribution in [0.3, 0.4) is 0 Å². The van der Waals surface area contributed by atoms with Gasteiger partial charge >= 0.3 is 0 Å². The maximum Gasteiger partial charge on any atom is 0.173 e. The van der Waals surface area contributed by atoms with Gasteiger partial charge in [0.1, 0.15) is 0 Å². The topological polar surface area (TPSA) is 21.7 Å². The van der Waals surface area contributed by atoms with Crippen LogP contribution in [0.25, 0.3) is 0 Å². The van der Waals surface area contributed by atoms with Crippen molar-refractivity contribution in [1.29, 1.82) is 0 Å². The van der Waals surface area contributed by atoms with Crippen LogP contribution in [0.1, 0.15) is 6.42 Å². The van der Waals surface area contributed by atoms with Gasteiger partial charge < -0.3 is 14.1 Å². The molecule has 0 aliphatic carbocycles. The summed E-state index contributed by atoms with van der Waals surface area (Å²) in [7, 11) is 1.61. The summed E-state index contributed by atoms with van der Waals surface area (Å²) in [5.74, 6) is 0. The Morgan fingerprint density at radius 1 is 0.882 bits per heavy atom. The van der Waals surface area contributed by atoms with Gasteiger partial charge in [0.25, 0.3) is 0 Å². The van der Waals surface area contributed by atoms with Crippen molar-refractivity contribution in [3.05, 3.63) is 0 Å². The van der Waals surface area contributed by atoms with Crippen LogP contribution in [0.15, 0.2) is 0 Å². The van der Waals surface area contributed by atoms with E-state index in [1.165, 1.54) is 0 Å². The summed E-state index contributed by atoms with van der Waals surface area (Å²) < 4.78 is 11.7. The molecule has 0 aromatic rings. The van der Waals surface area contributed by atoms with Crippen LogP contribution in [0.4, 0.5) is 0 Å². The molecule has 0 saturated heterocycles. The highest BCUT2D eigenvalue weighted by atomic mass is 29.3. The molecule has 0 spiro atoms. The van der Waals surface area contributed by atoms with Crippen molar-refractivity contribution in [3.8, 4) is 0 Å². The Morgan fingerprint density at radius 2 is 1.47 bits per heavy atom. The number of hydrogen-bond donors (Lipinski definition) is 0. The second-order valence-corrected chi connectivity index (χ2v) is 22.3. The molecule has 0 heterocycles. The zero-order valence-electron chi connectivity index (χ0n) is 12.8. The zero-order valence-corrected chi connectivity index (χ0v) is 14.8. The van der Waals surface area contributed by atoms with E-state index in [0.29, 0.717) is 0 Å². The van der Waals surface area contributed by atoms with Crippen LogP contribution in [-0.2, 0) is 9.16 Å². The first-order valence-electron chi connectivity index (χ1n) is 6.53. The van der Waals surface area contributed by atoms with Gasteiger partial charge in [0.2, 0.25) is 0 Å². The third kappa shape index (κ3) is 8.10. The minimum Gasteiger partial charge on any atom is -0.420 e. The lowest BCUT2D eigenvalue weighted by Gasteiger charge is -2.34. The molecule has 0 unspecified atom stereocenters. The maximum absolute atomic E-state index is 6.13. The van der Waals surface area contributed by atoms with Gasteiger partial charge in [-0.25, -0.2) is 0 Å². The summed E-state index contributed by atoms with van der Waals surface area (Å²) in [4.78, 5) is 2.14. The van der Waals surface area contributed by atoms with Crippen molar-refractivity contribution < 1.29 is 9.16 Å². The first-order chi connectivity index (χ1) is 7.67. The standard InChI is InChI=1S/C12H31NO2Si2/c1-13(2)9-12-14-10-8-11-15-17(6,7)16(3,4)5/h8-12H2,1-7H3. The van der Waals surface area contributed by atoms with Gasteiger partial charge in [0, 0.05) is 19.8 Å². The molecule has 0 fully saturated rings. The summed E-state index contributed by atoms with van der Waals surface area (Å²) in [6, 6.07) is 0. The van der Waals surface area contributed by atoms with Crippen LogP contribution in [0, 0.1) is 0 Å². The van der Waals surface area contributed by atoms with Gasteiger partial charge in [-0.3, -0.25) is 0 Å². The Balaban J connectivity index is 3.52. The molecular weight excluding hydrogens is 246 g/mol. The van der Waals surface area contributed by atoms with Crippen molar-refractivity contribution in [3.63, 3.8) is 0 Å². The molecule has 0 amide bonds. The SMILES string of the molecule is CN(C)CCOCCCO[Si](C)(C)[Si](C)(C)C. The third-order valence-electron chi connectivity index (χ3n) is 3.38. The average molecular weight is 278 g/mol. The molecule has 5 heteroatoms. The Hall–Kier alpha value is 0.314. The Morgan fingerprint density at radius 3 is 1.94 bits per heavy atom. The maximum atomic E-state index is 6.13. The van der Waals surface area contributed by atoms with Gasteiger partial charge in [-0.05, 0) is 33.6 Å². The molecule has 0 bridgehead atoms. The highest BCUT2D eigenvalue weighted by Gasteiger charge is 2.38. The zero-order chi connectivity index (χ0) is 13.5. The largest absolute Gasteiger partial charge is 0.420 e. The molecule has 0 radical (unpaired) electrons. The molecule has 104 valence electrons. The summed E-state index contributed by atoms with van der Waals surface area (Å²) in [6.45, 7) is 15.4. The summed E-state index contributed by atoms with van der Waals surface area (Å²) in [5.41, 5.74) is 0. The number of ether oxygens (including phenoxy) is 1. The minimum atomic E-state index is -1.42. The van der Waals surface area contributed by atoms with Crippen molar-refractivity contribution in [2.75, 3.05) is 40.5 Å². The second kappa shape index (κ2) is 7.68. The van der Waals surface area contributed by atoms with E-state index in [9.17, 15) is 0 Å². The van der Waals surface area contributed by atoms with Gasteiger partial charge in [0.15, 0.2) is 7.83 Å². The van der Waals surface area contributed by atoms with Crippen LogP contribution in [0.5, 0.6) is 0 Å². The third-order valence-corrected chi connectivity index (χ3v) is 19.2. The van der Waals surface area contributed by atoms with E-state index < -0.39 is 15.4 Å². The summed E-state index contributed by atoms with van der Waals surface area (Å²) in [5, 5.41) is 0. The first kappa shape index (κ1) is 17.3. The average Bonchev–Trinajstić information content (AvgIpc) is 2.13. The van der Waals surface area contributed by atoms with Crippen molar-refractivity contribution in [2.45, 2.75) is 39.2 Å². The lowest BCUT2D eigenvalue weighted by atomic mass is 10.5. The number of rotatable bonds is 9. The fraction of sp³-hybridized carbons (Fsp3) is 1.00. The number of hydrogen-bond acceptors (Lipinski definition) is 3. The summed E-state index contributed by atoms with van der Waals surface area (Å²) >= 11 is 0. The van der Waals surface area contributed by atoms with Crippen molar-refractivity contribution >= 4 is 15.4 Å². The molecule has 0 aliphatic rings. The van der Waals surface area contributed by atoms with Crippen molar-refractivity contribution in [1.82, 2.24) is 4.90 Å². The molecule has 0 atom stereocenters. The Kier molecular flexibility index (Phi) is 7.83. The molecule has 0 saturated carbocycles. The quantitative estimate of drug-likeness (QED) is 0.478. The summed E-state index contributed by atoms with van der Waals surface area (Å²) in [6.07, 6.45) is 1.02. The molecular formula is C12H31NO2Si2. The van der Waals surface area contributed by atoms with Crippen LogP contribution >= 0.6 is 0 Å². The highest BCUT2D eigenvalue weighted by molar-refractivity contribution is 7.37. The van der Waals surface area contributed by atoms with E-state index in [1.54, 1.807) is 0 Å². The first-order valence-corrected chi connectivity index (χ1v) is 13.9. The Bertz CT molecular complexity index is 203. The fourth-order valence-electron chi connectivity index (χ4n) is 1.05. The minimum absolute atomic E-state index is 0.821. The van der Waals surface area contributed by atoms with E-state index in [-0.39, 0.29) is 0 Å². The van der Waals surface area contributed by atoms with Gasteiger partial charge in [-0.1, -0.05) is 19.6 Å². The predicted molar refractivity (Wildman–Crippen MR) is 80.8 cm³/mol. The molecule has 0 aliphatic heterocycles. The molecule has 0 N–H and O–H groups in total. The van der Waals surface area contributed by atoms with E-state index in [0.717, 1.165) is 32.8 Å². The van der Waals surface area contributed by atoms with E-state index >= 15 is 0 Å². The van der Waals surface area contributed by atoms with Crippen LogP contribution in [-0.4, -0.2) is 60.8 Å². The molecule has 17 heavy (non-hydrogen) atoms. The normalized spacial score (nSPS) is 13.4. The van der Waals surface area contributed by atoms with Gasteiger partial charge in [-0.15, -0.1) is 0 Å². The number of likely N-dealkylation sites (N-methyl/N-ethyl adjacent to an activating group) is 1. The lowest BCUT2D eigenvalue weighted by molar-refractivity contribution is 0.105. The van der Waals surface area contributed by atoms with Crippen LogP contribution < -0.4 is 0 Å². The van der Waals surface area contributed by atoms with Gasteiger partial charge in [-0.2, -0.15) is 0 Å². The Labute approximate surface area is 109 Å². The van der Waals surface area contributed by atoms with E-state index in [1.807, 2.05) is 0 Å². The predicted octanol–water partition coefficient (Wildman–Crippen LogP) is 2.59. The van der Waals surface area contributed by atoms with Gasteiger partial charge in [0.05, 0.1) is 14.2 Å². The highest BCUT2D eigenvalue weighted by Crippen LogP contribution is 2.19. The fourth-order valence-corrected chi connectivity index (χ4v) is 3.75. The molecule has 0 aromatic heterocycles. The van der Waals surface area contributed by atoms with E-state index in [2.05, 4.69) is 51.7 Å². The van der Waals surface area contributed by atoms with E-state index in [4.69, 9.17) is 9.16 Å². The second-order valence-electron chi connectivity index (χ2n) is 6.38. The van der Waals surface area contributed by atoms with Crippen LogP contribution in [0.2, 0.25) is 32.7 Å².